The van der Waals surface area contributed by atoms with Crippen LogP contribution in [0.1, 0.15) is 18.1 Å². The van der Waals surface area contributed by atoms with Crippen LogP contribution in [0.2, 0.25) is 0 Å². The first kappa shape index (κ1) is 16.0. The molecule has 6 heteroatoms. The smallest absolute Gasteiger partial charge is 0.399 e. The van der Waals surface area contributed by atoms with Crippen LogP contribution in [0.3, 0.4) is 0 Å². The molecule has 124 valence electrons. The van der Waals surface area contributed by atoms with Crippen LogP contribution in [-0.4, -0.2) is 0 Å². The Hall–Kier alpha value is -2.89. The molecule has 3 nitrogen and oxygen atoms in total. The first-order chi connectivity index (χ1) is 11.3. The molecule has 0 spiro atoms. The Bertz CT molecular complexity index is 805. The maximum absolute atomic E-state index is 12.6. The largest absolute Gasteiger partial charge is 0.416 e. The van der Waals surface area contributed by atoms with Gasteiger partial charge >= 0.3 is 6.18 Å². The number of nitrogens with zero attached hydrogens (tertiary/aromatic N) is 1. The average molecular weight is 331 g/mol. The van der Waals surface area contributed by atoms with Gasteiger partial charge in [0, 0.05) is 23.2 Å². The summed E-state index contributed by atoms with van der Waals surface area (Å²) < 4.78 is 37.9. The fraction of sp³-hybridized carbons (Fsp3) is 0.111. The predicted octanol–water partition coefficient (Wildman–Crippen LogP) is 4.56. The van der Waals surface area contributed by atoms with Crippen LogP contribution in [-0.2, 0) is 6.18 Å². The van der Waals surface area contributed by atoms with E-state index in [1.807, 2.05) is 37.3 Å². The van der Waals surface area contributed by atoms with E-state index < -0.39 is 11.7 Å². The molecular formula is C18H16F3N3. The van der Waals surface area contributed by atoms with Gasteiger partial charge in [-0.2, -0.15) is 13.2 Å². The van der Waals surface area contributed by atoms with E-state index in [1.165, 1.54) is 12.1 Å². The van der Waals surface area contributed by atoms with Gasteiger partial charge in [-0.15, -0.1) is 0 Å². The van der Waals surface area contributed by atoms with Gasteiger partial charge in [-0.05, 0) is 55.0 Å². The molecule has 0 radical (unpaired) electrons. The van der Waals surface area contributed by atoms with E-state index in [1.54, 1.807) is 11.2 Å². The van der Waals surface area contributed by atoms with E-state index in [9.17, 15) is 13.2 Å². The second-order valence-corrected chi connectivity index (χ2v) is 5.51. The third kappa shape index (κ3) is 3.22. The Morgan fingerprint density at radius 1 is 1.04 bits per heavy atom. The number of halogens is 3. The summed E-state index contributed by atoms with van der Waals surface area (Å²) in [5.74, 6) is 0. The highest BCUT2D eigenvalue weighted by Gasteiger charge is 2.30. The molecule has 3 N–H and O–H groups in total. The number of anilines is 2. The molecule has 2 aromatic rings. The molecular weight excluding hydrogens is 315 g/mol. The van der Waals surface area contributed by atoms with Crippen LogP contribution in [0.5, 0.6) is 0 Å². The van der Waals surface area contributed by atoms with Crippen molar-refractivity contribution >= 4 is 16.9 Å². The SMILES string of the molecule is CC1=C(c2cccc(N)c2)C=CN(c2ccc(C(F)(F)F)cc2)N1. The quantitative estimate of drug-likeness (QED) is 0.793. The van der Waals surface area contributed by atoms with E-state index in [-0.39, 0.29) is 0 Å². The van der Waals surface area contributed by atoms with Gasteiger partial charge in [0.15, 0.2) is 0 Å². The molecule has 1 aliphatic rings. The topological polar surface area (TPSA) is 41.3 Å². The van der Waals surface area contributed by atoms with Crippen molar-refractivity contribution in [1.82, 2.24) is 5.43 Å². The van der Waals surface area contributed by atoms with Gasteiger partial charge < -0.3 is 5.73 Å². The summed E-state index contributed by atoms with van der Waals surface area (Å²) in [4.78, 5) is 0. The molecule has 0 aromatic heterocycles. The van der Waals surface area contributed by atoms with Crippen molar-refractivity contribution < 1.29 is 13.2 Å². The van der Waals surface area contributed by atoms with E-state index >= 15 is 0 Å². The van der Waals surface area contributed by atoms with E-state index in [0.717, 1.165) is 29.0 Å². The Kier molecular flexibility index (Phi) is 3.97. The van der Waals surface area contributed by atoms with Crippen molar-refractivity contribution in [3.63, 3.8) is 0 Å². The third-order valence-corrected chi connectivity index (χ3v) is 3.75. The van der Waals surface area contributed by atoms with Crippen LogP contribution < -0.4 is 16.2 Å². The zero-order valence-electron chi connectivity index (χ0n) is 12.9. The molecule has 0 unspecified atom stereocenters. The Morgan fingerprint density at radius 2 is 1.75 bits per heavy atom. The van der Waals surface area contributed by atoms with Gasteiger partial charge in [-0.1, -0.05) is 12.1 Å². The standard InChI is InChI=1S/C18H16F3N3/c1-12-17(13-3-2-4-15(22)11-13)9-10-24(23-12)16-7-5-14(6-8-16)18(19,20)21/h2-11,23H,22H2,1H3. The van der Waals surface area contributed by atoms with Crippen LogP contribution in [0, 0.1) is 0 Å². The van der Waals surface area contributed by atoms with Crippen molar-refractivity contribution in [2.45, 2.75) is 13.1 Å². The molecule has 0 atom stereocenters. The average Bonchev–Trinajstić information content (AvgIpc) is 2.54. The van der Waals surface area contributed by atoms with Gasteiger partial charge in [0.25, 0.3) is 0 Å². The van der Waals surface area contributed by atoms with Gasteiger partial charge in [0.2, 0.25) is 0 Å². The number of nitrogens with one attached hydrogen (secondary N) is 1. The number of nitrogens with two attached hydrogens (primary N) is 1. The zero-order valence-corrected chi connectivity index (χ0v) is 12.9. The number of allylic oxidation sites excluding steroid dienone is 3. The van der Waals surface area contributed by atoms with Crippen molar-refractivity contribution in [1.29, 1.82) is 0 Å². The summed E-state index contributed by atoms with van der Waals surface area (Å²) in [5.41, 5.74) is 12.4. The minimum atomic E-state index is -4.33. The Labute approximate surface area is 137 Å². The van der Waals surface area contributed by atoms with Crippen molar-refractivity contribution in [2.24, 2.45) is 0 Å². The summed E-state index contributed by atoms with van der Waals surface area (Å²) >= 11 is 0. The van der Waals surface area contributed by atoms with Crippen molar-refractivity contribution in [3.05, 3.63) is 77.6 Å². The Balaban J connectivity index is 1.82. The number of alkyl halides is 3. The molecule has 0 saturated heterocycles. The number of rotatable bonds is 2. The molecule has 1 heterocycles. The maximum atomic E-state index is 12.6. The van der Waals surface area contributed by atoms with Gasteiger partial charge in [-0.3, -0.25) is 10.4 Å². The molecule has 0 fully saturated rings. The van der Waals surface area contributed by atoms with Gasteiger partial charge in [0.1, 0.15) is 0 Å². The summed E-state index contributed by atoms with van der Waals surface area (Å²) in [5, 5.41) is 1.67. The summed E-state index contributed by atoms with van der Waals surface area (Å²) in [6, 6.07) is 12.5. The minimum absolute atomic E-state index is 0.616. The fourth-order valence-corrected chi connectivity index (χ4v) is 2.53. The van der Waals surface area contributed by atoms with Gasteiger partial charge in [0.05, 0.1) is 11.3 Å². The molecule has 0 amide bonds. The summed E-state index contributed by atoms with van der Waals surface area (Å²) in [7, 11) is 0. The second-order valence-electron chi connectivity index (χ2n) is 5.51. The zero-order chi connectivity index (χ0) is 17.3. The van der Waals surface area contributed by atoms with Crippen LogP contribution in [0.15, 0.2) is 66.5 Å². The first-order valence-corrected chi connectivity index (χ1v) is 7.33. The highest BCUT2D eigenvalue weighted by molar-refractivity contribution is 5.79. The highest BCUT2D eigenvalue weighted by Crippen LogP contribution is 2.31. The van der Waals surface area contributed by atoms with E-state index in [4.69, 9.17) is 5.73 Å². The van der Waals surface area contributed by atoms with Crippen LogP contribution in [0.25, 0.3) is 5.57 Å². The predicted molar refractivity (Wildman–Crippen MR) is 89.6 cm³/mol. The first-order valence-electron chi connectivity index (χ1n) is 7.33. The molecule has 1 aliphatic heterocycles. The maximum Gasteiger partial charge on any atom is 0.416 e. The van der Waals surface area contributed by atoms with E-state index in [2.05, 4.69) is 5.43 Å². The van der Waals surface area contributed by atoms with Crippen LogP contribution >= 0.6 is 0 Å². The number of hydrogen-bond donors (Lipinski definition) is 2. The molecule has 0 aliphatic carbocycles. The molecule has 0 saturated carbocycles. The summed E-state index contributed by atoms with van der Waals surface area (Å²) in [6.45, 7) is 1.90. The Morgan fingerprint density at radius 3 is 2.33 bits per heavy atom. The second kappa shape index (κ2) is 5.96. The lowest BCUT2D eigenvalue weighted by Gasteiger charge is -2.28. The monoisotopic (exact) mass is 331 g/mol. The summed E-state index contributed by atoms with van der Waals surface area (Å²) in [6.07, 6.45) is -0.660. The van der Waals surface area contributed by atoms with E-state index in [0.29, 0.717) is 11.4 Å². The lowest BCUT2D eigenvalue weighted by Crippen LogP contribution is -2.34. The highest BCUT2D eigenvalue weighted by atomic mass is 19.4. The fourth-order valence-electron chi connectivity index (χ4n) is 2.53. The lowest BCUT2D eigenvalue weighted by molar-refractivity contribution is -0.137. The molecule has 0 bridgehead atoms. The third-order valence-electron chi connectivity index (χ3n) is 3.75. The molecule has 2 aromatic carbocycles. The number of hydrazine groups is 1. The van der Waals surface area contributed by atoms with Crippen LogP contribution in [0.4, 0.5) is 24.5 Å². The number of hydrogen-bond acceptors (Lipinski definition) is 3. The van der Waals surface area contributed by atoms with Crippen molar-refractivity contribution in [2.75, 3.05) is 10.7 Å². The van der Waals surface area contributed by atoms with Gasteiger partial charge in [-0.25, -0.2) is 0 Å². The lowest BCUT2D eigenvalue weighted by atomic mass is 10.0. The van der Waals surface area contributed by atoms with Crippen molar-refractivity contribution in [3.8, 4) is 0 Å². The molecule has 3 rings (SSSR count). The number of nitrogen functional groups attached to an aromatic ring is 1. The normalized spacial score (nSPS) is 14.8. The minimum Gasteiger partial charge on any atom is -0.399 e. The molecule has 24 heavy (non-hydrogen) atoms. The number of benzene rings is 2.